The third-order valence-electron chi connectivity index (χ3n) is 4.60. The van der Waals surface area contributed by atoms with Gasteiger partial charge in [-0.3, -0.25) is 4.55 Å². The van der Waals surface area contributed by atoms with Gasteiger partial charge in [0.1, 0.15) is 0 Å². The van der Waals surface area contributed by atoms with Gasteiger partial charge in [-0.05, 0) is 18.3 Å². The Morgan fingerprint density at radius 1 is 0.818 bits per heavy atom. The first-order valence-electron chi connectivity index (χ1n) is 9.04. The first-order chi connectivity index (χ1) is 10.4. The molecule has 0 saturated carbocycles. The molecule has 4 nitrogen and oxygen atoms in total. The van der Waals surface area contributed by atoms with Crippen molar-refractivity contribution in [1.29, 1.82) is 0 Å². The average molecular weight is 337 g/mol. The summed E-state index contributed by atoms with van der Waals surface area (Å²) in [5.74, 6) is 1.38. The quantitative estimate of drug-likeness (QED) is 0.322. The summed E-state index contributed by atoms with van der Waals surface area (Å²) in [6, 6.07) is 0. The van der Waals surface area contributed by atoms with Crippen LogP contribution in [0.3, 0.4) is 0 Å². The molecule has 0 aromatic heterocycles. The zero-order valence-electron chi connectivity index (χ0n) is 14.7. The molecule has 0 aliphatic heterocycles. The summed E-state index contributed by atoms with van der Waals surface area (Å²) in [6.07, 6.45) is 13.3. The van der Waals surface area contributed by atoms with Gasteiger partial charge in [-0.25, -0.2) is 4.18 Å². The van der Waals surface area contributed by atoms with E-state index in [2.05, 4.69) is 25.0 Å². The van der Waals surface area contributed by atoms with Crippen molar-refractivity contribution in [2.75, 3.05) is 6.61 Å². The molecule has 1 N–H and O–H groups in total. The van der Waals surface area contributed by atoms with E-state index in [1.54, 1.807) is 0 Å². The van der Waals surface area contributed by atoms with E-state index in [-0.39, 0.29) is 6.61 Å². The van der Waals surface area contributed by atoms with E-state index in [0.717, 1.165) is 18.8 Å². The molecule has 0 heterocycles. The van der Waals surface area contributed by atoms with Crippen LogP contribution < -0.4 is 0 Å². The summed E-state index contributed by atoms with van der Waals surface area (Å²) < 4.78 is 33.9. The van der Waals surface area contributed by atoms with Crippen LogP contribution in [0.5, 0.6) is 0 Å². The topological polar surface area (TPSA) is 63.6 Å². The van der Waals surface area contributed by atoms with Crippen LogP contribution in [0, 0.1) is 11.8 Å². The van der Waals surface area contributed by atoms with E-state index >= 15 is 0 Å². The maximum absolute atomic E-state index is 10.5. The fraction of sp³-hybridized carbons (Fsp3) is 1.00. The van der Waals surface area contributed by atoms with E-state index in [0.29, 0.717) is 12.3 Å². The van der Waals surface area contributed by atoms with Gasteiger partial charge in [0, 0.05) is 0 Å². The van der Waals surface area contributed by atoms with Crippen molar-refractivity contribution in [3.63, 3.8) is 0 Å². The Balaban J connectivity index is 3.69. The third-order valence-corrected chi connectivity index (χ3v) is 5.07. The second-order valence-corrected chi connectivity index (χ2v) is 7.46. The number of rotatable bonds is 15. The molecule has 0 rings (SSSR count). The Hall–Kier alpha value is -0.130. The standard InChI is InChI=1S/C17H36O4S/c1-4-7-11-16(5-2)12-9-8-10-13-17(6-3)14-15-21-22(18,19)20/h16-17H,4-15H2,1-3H3,(H,18,19,20). The lowest BCUT2D eigenvalue weighted by Crippen LogP contribution is -2.09. The molecule has 0 aliphatic rings. The fourth-order valence-electron chi connectivity index (χ4n) is 2.96. The van der Waals surface area contributed by atoms with Crippen LogP contribution in [0.4, 0.5) is 0 Å². The molecular formula is C17H36O4S. The van der Waals surface area contributed by atoms with Crippen molar-refractivity contribution in [2.24, 2.45) is 11.8 Å². The Bertz CT molecular complexity index is 341. The number of unbranched alkanes of at least 4 members (excludes halogenated alkanes) is 3. The van der Waals surface area contributed by atoms with Crippen molar-refractivity contribution >= 4 is 10.4 Å². The van der Waals surface area contributed by atoms with E-state index in [4.69, 9.17) is 4.55 Å². The van der Waals surface area contributed by atoms with E-state index in [1.165, 1.54) is 51.4 Å². The van der Waals surface area contributed by atoms with Gasteiger partial charge >= 0.3 is 10.4 Å². The predicted octanol–water partition coefficient (Wildman–Crippen LogP) is 5.39. The molecule has 0 radical (unpaired) electrons. The lowest BCUT2D eigenvalue weighted by atomic mass is 9.91. The highest BCUT2D eigenvalue weighted by atomic mass is 32.3. The first kappa shape index (κ1) is 21.9. The lowest BCUT2D eigenvalue weighted by molar-refractivity contribution is 0.238. The van der Waals surface area contributed by atoms with Crippen molar-refractivity contribution in [2.45, 2.75) is 91.4 Å². The molecule has 2 unspecified atom stereocenters. The Kier molecular flexibility index (Phi) is 13.2. The largest absolute Gasteiger partial charge is 0.397 e. The van der Waals surface area contributed by atoms with Gasteiger partial charge in [-0.15, -0.1) is 0 Å². The minimum Gasteiger partial charge on any atom is -0.264 e. The highest BCUT2D eigenvalue weighted by Crippen LogP contribution is 2.22. The monoisotopic (exact) mass is 336 g/mol. The van der Waals surface area contributed by atoms with E-state index < -0.39 is 10.4 Å². The van der Waals surface area contributed by atoms with E-state index in [1.807, 2.05) is 0 Å². The van der Waals surface area contributed by atoms with Crippen LogP contribution in [0.1, 0.15) is 91.4 Å². The molecule has 134 valence electrons. The van der Waals surface area contributed by atoms with Gasteiger partial charge in [0.05, 0.1) is 6.61 Å². The van der Waals surface area contributed by atoms with Crippen molar-refractivity contribution in [1.82, 2.24) is 0 Å². The first-order valence-corrected chi connectivity index (χ1v) is 10.4. The molecular weight excluding hydrogens is 300 g/mol. The van der Waals surface area contributed by atoms with E-state index in [9.17, 15) is 8.42 Å². The van der Waals surface area contributed by atoms with Gasteiger partial charge < -0.3 is 0 Å². The number of hydrogen-bond donors (Lipinski definition) is 1. The van der Waals surface area contributed by atoms with Gasteiger partial charge in [0.15, 0.2) is 0 Å². The summed E-state index contributed by atoms with van der Waals surface area (Å²) in [5.41, 5.74) is 0. The van der Waals surface area contributed by atoms with Crippen LogP contribution in [-0.4, -0.2) is 19.6 Å². The molecule has 0 aromatic carbocycles. The molecule has 22 heavy (non-hydrogen) atoms. The van der Waals surface area contributed by atoms with Crippen molar-refractivity contribution < 1.29 is 17.2 Å². The van der Waals surface area contributed by atoms with Crippen molar-refractivity contribution in [3.05, 3.63) is 0 Å². The Morgan fingerprint density at radius 3 is 1.77 bits per heavy atom. The second-order valence-electron chi connectivity index (χ2n) is 6.37. The fourth-order valence-corrected chi connectivity index (χ4v) is 3.27. The molecule has 0 fully saturated rings. The zero-order chi connectivity index (χ0) is 16.8. The van der Waals surface area contributed by atoms with Crippen LogP contribution >= 0.6 is 0 Å². The highest BCUT2D eigenvalue weighted by Gasteiger charge is 2.10. The SMILES string of the molecule is CCCCC(CC)CCCCCC(CC)CCOS(=O)(=O)O. The predicted molar refractivity (Wildman–Crippen MR) is 92.3 cm³/mol. The minimum atomic E-state index is -4.28. The molecule has 0 aliphatic carbocycles. The maximum atomic E-state index is 10.5. The summed E-state index contributed by atoms with van der Waals surface area (Å²) in [5, 5.41) is 0. The van der Waals surface area contributed by atoms with Crippen LogP contribution in [0.2, 0.25) is 0 Å². The summed E-state index contributed by atoms with van der Waals surface area (Å²) in [4.78, 5) is 0. The molecule has 5 heteroatoms. The normalized spacial score (nSPS) is 14.9. The van der Waals surface area contributed by atoms with Crippen LogP contribution in [0.25, 0.3) is 0 Å². The molecule has 0 saturated heterocycles. The van der Waals surface area contributed by atoms with Gasteiger partial charge in [0.2, 0.25) is 0 Å². The van der Waals surface area contributed by atoms with Gasteiger partial charge in [0.25, 0.3) is 0 Å². The summed E-state index contributed by atoms with van der Waals surface area (Å²) in [7, 11) is -4.28. The summed E-state index contributed by atoms with van der Waals surface area (Å²) in [6.45, 7) is 6.76. The van der Waals surface area contributed by atoms with Crippen LogP contribution in [-0.2, 0) is 14.6 Å². The molecule has 2 atom stereocenters. The molecule has 0 spiro atoms. The Morgan fingerprint density at radius 2 is 1.32 bits per heavy atom. The zero-order valence-corrected chi connectivity index (χ0v) is 15.5. The molecule has 0 amide bonds. The highest BCUT2D eigenvalue weighted by molar-refractivity contribution is 7.80. The van der Waals surface area contributed by atoms with Crippen molar-refractivity contribution in [3.8, 4) is 0 Å². The molecule has 0 aromatic rings. The third kappa shape index (κ3) is 13.5. The smallest absolute Gasteiger partial charge is 0.264 e. The van der Waals surface area contributed by atoms with Gasteiger partial charge in [-0.2, -0.15) is 8.42 Å². The number of hydrogen-bond acceptors (Lipinski definition) is 3. The minimum absolute atomic E-state index is 0.0896. The Labute approximate surface area is 138 Å². The average Bonchev–Trinajstić information content (AvgIpc) is 2.47. The maximum Gasteiger partial charge on any atom is 0.397 e. The lowest BCUT2D eigenvalue weighted by Gasteiger charge is -2.16. The second kappa shape index (κ2) is 13.3. The van der Waals surface area contributed by atoms with Gasteiger partial charge in [-0.1, -0.05) is 85.0 Å². The summed E-state index contributed by atoms with van der Waals surface area (Å²) >= 11 is 0. The molecule has 0 bridgehead atoms. The van der Waals surface area contributed by atoms with Crippen LogP contribution in [0.15, 0.2) is 0 Å².